The molecule has 0 bridgehead atoms. The van der Waals surface area contributed by atoms with Crippen LogP contribution in [0, 0.1) is 0 Å². The molecule has 5 aromatic carbocycles. The summed E-state index contributed by atoms with van der Waals surface area (Å²) in [7, 11) is 0.275. The fraction of sp³-hybridized carbons (Fsp3) is 0.0833. The van der Waals surface area contributed by atoms with Crippen LogP contribution in [0.3, 0.4) is 0 Å². The van der Waals surface area contributed by atoms with Gasteiger partial charge >= 0.3 is 0 Å². The molecule has 1 nitrogen and oxygen atoms in total. The number of hydrogen-bond acceptors (Lipinski definition) is 1. The molecule has 1 fully saturated rings. The molecule has 0 N–H and O–H groups in total. The summed E-state index contributed by atoms with van der Waals surface area (Å²) in [6.45, 7) is 0. The molecule has 6 rings (SSSR count). The molecular formula is C24H22OSi3. The maximum Gasteiger partial charge on any atom is 0.141 e. The van der Waals surface area contributed by atoms with E-state index >= 15 is 0 Å². The Hall–Kier alpha value is -2.25. The van der Waals surface area contributed by atoms with Gasteiger partial charge in [-0.15, -0.1) is 0 Å². The van der Waals surface area contributed by atoms with Crippen LogP contribution in [-0.2, 0) is 4.43 Å². The second-order valence-electron chi connectivity index (χ2n) is 7.95. The summed E-state index contributed by atoms with van der Waals surface area (Å²) in [5, 5.41) is 10.8. The summed E-state index contributed by atoms with van der Waals surface area (Å²) in [4.78, 5) is 0. The molecule has 5 aromatic rings. The van der Waals surface area contributed by atoms with Crippen LogP contribution in [0.25, 0.3) is 43.1 Å². The summed E-state index contributed by atoms with van der Waals surface area (Å²) < 4.78 is 6.50. The first-order valence-corrected chi connectivity index (χ1v) is 19.8. The quantitative estimate of drug-likeness (QED) is 0.230. The summed E-state index contributed by atoms with van der Waals surface area (Å²) in [6.07, 6.45) is 0.353. The van der Waals surface area contributed by atoms with Crippen molar-refractivity contribution in [3.8, 4) is 0 Å². The topological polar surface area (TPSA) is 9.23 Å². The molecule has 0 amide bonds. The Balaban J connectivity index is 1.76. The molecule has 0 spiro atoms. The lowest BCUT2D eigenvalue weighted by Crippen LogP contribution is -2.27. The minimum Gasteiger partial charge on any atom is -0.422 e. The molecule has 1 aliphatic heterocycles. The average molecular weight is 411 g/mol. The lowest BCUT2D eigenvalue weighted by Gasteiger charge is -2.26. The Morgan fingerprint density at radius 1 is 0.643 bits per heavy atom. The van der Waals surface area contributed by atoms with Gasteiger partial charge in [0.05, 0.1) is 6.10 Å². The third-order valence-electron chi connectivity index (χ3n) is 6.27. The highest BCUT2D eigenvalue weighted by atomic mass is 29.5. The lowest BCUT2D eigenvalue weighted by atomic mass is 9.90. The van der Waals surface area contributed by atoms with E-state index in [2.05, 4.69) is 78.9 Å². The van der Waals surface area contributed by atoms with Crippen LogP contribution >= 0.6 is 0 Å². The van der Waals surface area contributed by atoms with Gasteiger partial charge in [-0.05, 0) is 72.9 Å². The van der Waals surface area contributed by atoms with E-state index in [1.165, 1.54) is 54.7 Å². The average Bonchev–Trinajstić information content (AvgIpc) is 2.76. The smallest absolute Gasteiger partial charge is 0.141 e. The molecule has 0 aromatic heterocycles. The number of hydrogen-bond donors (Lipinski definition) is 0. The molecule has 1 heterocycles. The van der Waals surface area contributed by atoms with Gasteiger partial charge in [0.15, 0.2) is 0 Å². The van der Waals surface area contributed by atoms with E-state index in [0.717, 1.165) is 0 Å². The highest BCUT2D eigenvalue weighted by Crippen LogP contribution is 2.40. The lowest BCUT2D eigenvalue weighted by molar-refractivity contribution is 0.248. The van der Waals surface area contributed by atoms with Crippen molar-refractivity contribution in [1.29, 1.82) is 0 Å². The normalized spacial score (nSPS) is 20.2. The molecule has 0 aliphatic carbocycles. The van der Waals surface area contributed by atoms with Crippen LogP contribution in [0.5, 0.6) is 0 Å². The third-order valence-corrected chi connectivity index (χ3v) is 20.0. The Labute approximate surface area is 170 Å². The number of fused-ring (bicyclic) bond motifs is 5. The SMILES string of the molecule is c1ccc2cc3c(ccc4c(C5C[SiH2][SiH2][SiH2]O5)c5ccccc5cc43)cc2c1. The second kappa shape index (κ2) is 6.67. The van der Waals surface area contributed by atoms with Crippen molar-refractivity contribution in [3.63, 3.8) is 0 Å². The minimum atomic E-state index is -0.184. The van der Waals surface area contributed by atoms with Gasteiger partial charge in [0.25, 0.3) is 0 Å². The largest absolute Gasteiger partial charge is 0.422 e. The fourth-order valence-electron chi connectivity index (χ4n) is 4.91. The maximum atomic E-state index is 6.50. The Morgan fingerprint density at radius 2 is 1.36 bits per heavy atom. The first-order valence-electron chi connectivity index (χ1n) is 10.3. The maximum absolute atomic E-state index is 6.50. The van der Waals surface area contributed by atoms with Gasteiger partial charge in [0.1, 0.15) is 9.28 Å². The van der Waals surface area contributed by atoms with Crippen LogP contribution in [0.2, 0.25) is 6.04 Å². The predicted octanol–water partition coefficient (Wildman–Crippen LogP) is 4.04. The van der Waals surface area contributed by atoms with Crippen molar-refractivity contribution in [2.24, 2.45) is 0 Å². The third kappa shape index (κ3) is 2.60. The molecule has 1 aliphatic rings. The minimum absolute atomic E-state index is 0.184. The van der Waals surface area contributed by atoms with E-state index in [-0.39, 0.29) is 26.9 Å². The van der Waals surface area contributed by atoms with Crippen molar-refractivity contribution in [2.75, 3.05) is 0 Å². The van der Waals surface area contributed by atoms with E-state index in [9.17, 15) is 0 Å². The van der Waals surface area contributed by atoms with Crippen LogP contribution in [0.15, 0.2) is 78.9 Å². The monoisotopic (exact) mass is 410 g/mol. The van der Waals surface area contributed by atoms with Crippen LogP contribution < -0.4 is 0 Å². The molecular weight excluding hydrogens is 389 g/mol. The second-order valence-corrected chi connectivity index (χ2v) is 22.5. The molecule has 1 unspecified atom stereocenters. The van der Waals surface area contributed by atoms with Crippen molar-refractivity contribution < 1.29 is 4.43 Å². The van der Waals surface area contributed by atoms with E-state index in [0.29, 0.717) is 6.10 Å². The summed E-state index contributed by atoms with van der Waals surface area (Å²) in [5.41, 5.74) is 1.47. The number of rotatable bonds is 1. The summed E-state index contributed by atoms with van der Waals surface area (Å²) in [5.74, 6) is 0. The van der Waals surface area contributed by atoms with Crippen molar-refractivity contribution in [3.05, 3.63) is 84.4 Å². The standard InChI is InChI=1S/C24H22OSi3/c1-2-6-16-12-21-18(11-15(16)5-1)9-10-20-22(21)13-17-7-3-4-8-19(17)24(20)23-14-26-28-27-25-23/h1-13,23H,14,26-28H2. The molecule has 4 heteroatoms. The molecule has 136 valence electrons. The number of benzene rings is 5. The van der Waals surface area contributed by atoms with E-state index in [1.54, 1.807) is 0 Å². The van der Waals surface area contributed by atoms with Gasteiger partial charge in [-0.3, -0.25) is 0 Å². The van der Waals surface area contributed by atoms with Gasteiger partial charge in [-0.1, -0.05) is 60.7 Å². The zero-order chi connectivity index (χ0) is 18.5. The highest BCUT2D eigenvalue weighted by molar-refractivity contribution is 7.28. The summed E-state index contributed by atoms with van der Waals surface area (Å²) in [6, 6.07) is 30.7. The molecule has 0 radical (unpaired) electrons. The molecule has 1 atom stereocenters. The Kier molecular flexibility index (Phi) is 3.97. The molecule has 1 saturated heterocycles. The predicted molar refractivity (Wildman–Crippen MR) is 131 cm³/mol. The fourth-order valence-corrected chi connectivity index (χ4v) is 17.2. The Morgan fingerprint density at radius 3 is 2.18 bits per heavy atom. The zero-order valence-electron chi connectivity index (χ0n) is 15.8. The molecule has 0 saturated carbocycles. The van der Waals surface area contributed by atoms with E-state index in [1.807, 2.05) is 0 Å². The summed E-state index contributed by atoms with van der Waals surface area (Å²) >= 11 is 0. The van der Waals surface area contributed by atoms with Crippen molar-refractivity contribution in [2.45, 2.75) is 12.1 Å². The highest BCUT2D eigenvalue weighted by Gasteiger charge is 2.22. The van der Waals surface area contributed by atoms with Gasteiger partial charge < -0.3 is 4.43 Å². The van der Waals surface area contributed by atoms with Crippen molar-refractivity contribution in [1.82, 2.24) is 0 Å². The first kappa shape index (κ1) is 16.7. The van der Waals surface area contributed by atoms with Gasteiger partial charge in [-0.2, -0.15) is 0 Å². The van der Waals surface area contributed by atoms with Gasteiger partial charge in [0.2, 0.25) is 0 Å². The van der Waals surface area contributed by atoms with E-state index < -0.39 is 0 Å². The van der Waals surface area contributed by atoms with Crippen molar-refractivity contribution >= 4 is 70.0 Å². The van der Waals surface area contributed by atoms with E-state index in [4.69, 9.17) is 4.43 Å². The first-order chi connectivity index (χ1) is 13.9. The Bertz CT molecular complexity index is 1360. The van der Waals surface area contributed by atoms with Gasteiger partial charge in [0, 0.05) is 17.6 Å². The molecule has 28 heavy (non-hydrogen) atoms. The zero-order valence-corrected chi connectivity index (χ0v) is 20.1. The van der Waals surface area contributed by atoms with Crippen LogP contribution in [0.4, 0.5) is 0 Å². The van der Waals surface area contributed by atoms with Crippen LogP contribution in [0.1, 0.15) is 11.7 Å². The van der Waals surface area contributed by atoms with Gasteiger partial charge in [-0.25, -0.2) is 0 Å². The van der Waals surface area contributed by atoms with Crippen LogP contribution in [-0.4, -0.2) is 26.9 Å².